The van der Waals surface area contributed by atoms with Crippen molar-refractivity contribution in [3.63, 3.8) is 0 Å². The van der Waals surface area contributed by atoms with E-state index in [0.29, 0.717) is 6.04 Å². The highest BCUT2D eigenvalue weighted by atomic mass is 15.2. The van der Waals surface area contributed by atoms with Gasteiger partial charge in [0.25, 0.3) is 0 Å². The number of rotatable bonds is 13. The van der Waals surface area contributed by atoms with Crippen LogP contribution in [0.1, 0.15) is 84.1 Å². The smallest absolute Gasteiger partial charge is 0.0544 e. The Morgan fingerprint density at radius 2 is 1.80 bits per heavy atom. The first-order valence-corrected chi connectivity index (χ1v) is 16.7. The topological polar surface area (TPSA) is 15.3 Å². The van der Waals surface area contributed by atoms with E-state index in [1.54, 1.807) is 0 Å². The number of anilines is 1. The van der Waals surface area contributed by atoms with E-state index in [4.69, 9.17) is 0 Å². The van der Waals surface area contributed by atoms with Crippen molar-refractivity contribution in [3.05, 3.63) is 162 Å². The molecule has 1 atom stereocenters. The number of hydrogen-bond donors (Lipinski definition) is 1. The molecule has 0 spiro atoms. The first-order chi connectivity index (χ1) is 21.6. The lowest BCUT2D eigenvalue weighted by atomic mass is 9.97. The normalized spacial score (nSPS) is 18.3. The summed E-state index contributed by atoms with van der Waals surface area (Å²) in [6.07, 6.45) is 44.0. The van der Waals surface area contributed by atoms with Gasteiger partial charge in [0.15, 0.2) is 0 Å². The molecule has 0 bridgehead atoms. The zero-order valence-corrected chi connectivity index (χ0v) is 27.5. The molecule has 232 valence electrons. The van der Waals surface area contributed by atoms with E-state index in [1.165, 1.54) is 46.6 Å². The monoisotopic (exact) mass is 586 g/mol. The highest BCUT2D eigenvalue weighted by Crippen LogP contribution is 2.32. The second-order valence-corrected chi connectivity index (χ2v) is 11.3. The van der Waals surface area contributed by atoms with Crippen molar-refractivity contribution < 1.29 is 0 Å². The lowest BCUT2D eigenvalue weighted by Crippen LogP contribution is -2.22. The zero-order valence-electron chi connectivity index (χ0n) is 27.5. The maximum absolute atomic E-state index is 4.09. The molecule has 1 aromatic rings. The molecule has 0 fully saturated rings. The summed E-state index contributed by atoms with van der Waals surface area (Å²) < 4.78 is 0. The lowest BCUT2D eigenvalue weighted by molar-refractivity contribution is 0.520. The third kappa shape index (κ3) is 10.9. The molecule has 1 aromatic carbocycles. The van der Waals surface area contributed by atoms with Gasteiger partial charge < -0.3 is 10.2 Å². The fourth-order valence-corrected chi connectivity index (χ4v) is 5.56. The minimum absolute atomic E-state index is 0.335. The van der Waals surface area contributed by atoms with Crippen LogP contribution in [0, 0.1) is 0 Å². The Bertz CT molecular complexity index is 1330. The Balaban J connectivity index is 0.000000249. The number of hydrogen-bond acceptors (Lipinski definition) is 2. The van der Waals surface area contributed by atoms with Gasteiger partial charge in [0.2, 0.25) is 0 Å². The first-order valence-electron chi connectivity index (χ1n) is 16.7. The Hall–Kier alpha value is -4.04. The molecule has 0 saturated heterocycles. The van der Waals surface area contributed by atoms with Gasteiger partial charge in [0.05, 0.1) is 6.04 Å². The Morgan fingerprint density at radius 3 is 2.39 bits per heavy atom. The van der Waals surface area contributed by atoms with Crippen molar-refractivity contribution in [2.75, 3.05) is 5.32 Å². The molecule has 0 aromatic heterocycles. The largest absolute Gasteiger partial charge is 0.378 e. The van der Waals surface area contributed by atoms with Gasteiger partial charge >= 0.3 is 0 Å². The molecule has 0 saturated carbocycles. The predicted octanol–water partition coefficient (Wildman–Crippen LogP) is 12.0. The van der Waals surface area contributed by atoms with Crippen LogP contribution in [0.5, 0.6) is 0 Å². The van der Waals surface area contributed by atoms with Gasteiger partial charge in [-0.25, -0.2) is 0 Å². The number of benzene rings is 1. The minimum atomic E-state index is 0.335. The minimum Gasteiger partial charge on any atom is -0.378 e. The van der Waals surface area contributed by atoms with Crippen LogP contribution in [0.4, 0.5) is 5.69 Å². The van der Waals surface area contributed by atoms with Crippen molar-refractivity contribution in [2.24, 2.45) is 0 Å². The van der Waals surface area contributed by atoms with E-state index < -0.39 is 0 Å². The van der Waals surface area contributed by atoms with E-state index in [-0.39, 0.29) is 0 Å². The van der Waals surface area contributed by atoms with Gasteiger partial charge in [-0.2, -0.15) is 0 Å². The average Bonchev–Trinajstić information content (AvgIpc) is 3.09. The summed E-state index contributed by atoms with van der Waals surface area (Å²) in [5, 5.41) is 3.61. The molecule has 1 unspecified atom stereocenters. The maximum atomic E-state index is 4.09. The van der Waals surface area contributed by atoms with E-state index in [0.717, 1.165) is 57.1 Å². The molecule has 0 radical (unpaired) electrons. The van der Waals surface area contributed by atoms with Crippen molar-refractivity contribution in [3.8, 4) is 0 Å². The Morgan fingerprint density at radius 1 is 0.977 bits per heavy atom. The van der Waals surface area contributed by atoms with Gasteiger partial charge in [-0.05, 0) is 124 Å². The van der Waals surface area contributed by atoms with Crippen LogP contribution in [-0.2, 0) is 6.42 Å². The number of nitrogens with zero attached hydrogens (tertiary/aromatic N) is 1. The molecular formula is C42H54N2. The van der Waals surface area contributed by atoms with Crippen LogP contribution in [-0.4, -0.2) is 10.9 Å². The summed E-state index contributed by atoms with van der Waals surface area (Å²) in [5.41, 5.74) is 9.09. The molecule has 3 aliphatic carbocycles. The first kappa shape index (κ1) is 34.5. The zero-order chi connectivity index (χ0) is 31.4. The summed E-state index contributed by atoms with van der Waals surface area (Å²) in [7, 11) is 0. The SMILES string of the molecule is C=C/C(=C\C=C\CC)N(C1=CC=CCC1)C(/C=C\C)=C1\C=CCCC1.C=CCC(Nc1ccc(CC)cc1)C1=CCCC=C1. The molecule has 1 N–H and O–H groups in total. The second-order valence-electron chi connectivity index (χ2n) is 11.3. The third-order valence-electron chi connectivity index (χ3n) is 7.95. The number of aryl methyl sites for hydroxylation is 1. The molecule has 2 nitrogen and oxygen atoms in total. The summed E-state index contributed by atoms with van der Waals surface area (Å²) >= 11 is 0. The van der Waals surface area contributed by atoms with E-state index in [1.807, 2.05) is 12.2 Å². The fourth-order valence-electron chi connectivity index (χ4n) is 5.56. The van der Waals surface area contributed by atoms with Gasteiger partial charge in [-0.15, -0.1) is 6.58 Å². The third-order valence-corrected chi connectivity index (χ3v) is 7.95. The van der Waals surface area contributed by atoms with Crippen molar-refractivity contribution in [2.45, 2.75) is 91.0 Å². The van der Waals surface area contributed by atoms with Crippen LogP contribution in [0.15, 0.2) is 157 Å². The number of nitrogens with one attached hydrogen (secondary N) is 1. The van der Waals surface area contributed by atoms with Crippen molar-refractivity contribution in [1.29, 1.82) is 0 Å². The van der Waals surface area contributed by atoms with Gasteiger partial charge in [0.1, 0.15) is 0 Å². The molecule has 3 aliphatic rings. The van der Waals surface area contributed by atoms with Crippen molar-refractivity contribution in [1.82, 2.24) is 4.90 Å². The van der Waals surface area contributed by atoms with Crippen LogP contribution in [0.25, 0.3) is 0 Å². The quantitative estimate of drug-likeness (QED) is 0.183. The van der Waals surface area contributed by atoms with Crippen LogP contribution >= 0.6 is 0 Å². The van der Waals surface area contributed by atoms with Crippen LogP contribution in [0.2, 0.25) is 0 Å². The molecule has 44 heavy (non-hydrogen) atoms. The molecular weight excluding hydrogens is 532 g/mol. The van der Waals surface area contributed by atoms with Crippen LogP contribution < -0.4 is 5.32 Å². The highest BCUT2D eigenvalue weighted by Gasteiger charge is 2.19. The lowest BCUT2D eigenvalue weighted by Gasteiger charge is -2.32. The van der Waals surface area contributed by atoms with E-state index in [2.05, 4.69) is 147 Å². The number of allylic oxidation sites excluding steroid dienone is 15. The van der Waals surface area contributed by atoms with Gasteiger partial charge in [-0.1, -0.05) is 99.4 Å². The average molecular weight is 587 g/mol. The van der Waals surface area contributed by atoms with Gasteiger partial charge in [0, 0.05) is 22.8 Å². The second kappa shape index (κ2) is 20.0. The summed E-state index contributed by atoms with van der Waals surface area (Å²) in [5.74, 6) is 0. The summed E-state index contributed by atoms with van der Waals surface area (Å²) in [6.45, 7) is 14.4. The Labute approximate surface area is 268 Å². The molecule has 2 heteroatoms. The summed E-state index contributed by atoms with van der Waals surface area (Å²) in [6, 6.07) is 9.06. The molecule has 4 rings (SSSR count). The molecule has 0 aliphatic heterocycles. The highest BCUT2D eigenvalue weighted by molar-refractivity contribution is 5.49. The van der Waals surface area contributed by atoms with Crippen LogP contribution in [0.3, 0.4) is 0 Å². The molecule has 0 heterocycles. The maximum Gasteiger partial charge on any atom is 0.0544 e. The van der Waals surface area contributed by atoms with Crippen molar-refractivity contribution >= 4 is 5.69 Å². The predicted molar refractivity (Wildman–Crippen MR) is 195 cm³/mol. The summed E-state index contributed by atoms with van der Waals surface area (Å²) in [4.78, 5) is 2.39. The fraction of sp³-hybridized carbons (Fsp3) is 0.333. The standard InChI is InChI=1S/C24H31N.C18H23N/c1-4-7-10-18-22(6-3)25(23-19-13-9-14-20-23)24(15-5-2)21-16-11-8-12-17-21;1-3-8-18(16-9-6-5-7-10-16)19-17-13-11-15(4-2)12-14-17/h5-7,9-11,13,15-16,18-19H,3-4,8,12,14,17,20H2,1-2H3;3,6,9-14,18-19H,1,4-5,7-8H2,2H3/b10-7+,15-5-,22-18+,24-21+;. The molecule has 0 amide bonds. The Kier molecular flexibility index (Phi) is 15.7. The van der Waals surface area contributed by atoms with Gasteiger partial charge in [-0.3, -0.25) is 0 Å². The van der Waals surface area contributed by atoms with E-state index in [9.17, 15) is 0 Å². The van der Waals surface area contributed by atoms with E-state index >= 15 is 0 Å².